The first-order valence-electron chi connectivity index (χ1n) is 18.2. The number of rotatable bonds is 11. The first kappa shape index (κ1) is 36.0. The van der Waals surface area contributed by atoms with Crippen molar-refractivity contribution in [3.63, 3.8) is 0 Å². The van der Waals surface area contributed by atoms with Crippen LogP contribution >= 0.6 is 0 Å². The number of aliphatic hydroxyl groups excluding tert-OH is 4. The number of hydrogen-bond donors (Lipinski definition) is 4. The zero-order valence-corrected chi connectivity index (χ0v) is 29.5. The Hall–Kier alpha value is -2.05. The van der Waals surface area contributed by atoms with Crippen molar-refractivity contribution in [3.8, 4) is 0 Å². The highest BCUT2D eigenvalue weighted by molar-refractivity contribution is 5.91. The van der Waals surface area contributed by atoms with Crippen molar-refractivity contribution in [1.82, 2.24) is 0 Å². The molecule has 4 N–H and O–H groups in total. The average molecular weight is 723 g/mol. The highest BCUT2D eigenvalue weighted by atomic mass is 17.0. The molecule has 9 aliphatic rings. The lowest BCUT2D eigenvalue weighted by molar-refractivity contribution is -0.451. The SMILES string of the molecule is CO[C@@H]1[C@H](O)[C@@H](O)[C@H](C(=O)OC[C@@]23C[C@@H]4[C@H](C)CC[C@H]4[C@@]4(C=O)C[C@@H]2C=C(C(C)C)[C@@]34C(=O)OCO[C@@]23OC4O[C@@H]([C@@H](OC)[C@@H]4O2)[C@@H]3O)C[C@H]1O. The highest BCUT2D eigenvalue weighted by Gasteiger charge is 2.85. The molecule has 9 rings (SSSR count). The van der Waals surface area contributed by atoms with E-state index in [4.69, 9.17) is 37.9 Å². The van der Waals surface area contributed by atoms with Crippen LogP contribution in [0.2, 0.25) is 0 Å². The third kappa shape index (κ3) is 4.44. The fourth-order valence-electron chi connectivity index (χ4n) is 12.2. The molecule has 4 aliphatic heterocycles. The summed E-state index contributed by atoms with van der Waals surface area (Å²) in [4.78, 5) is 42.6. The van der Waals surface area contributed by atoms with Gasteiger partial charge in [-0.05, 0) is 55.3 Å². The molecular formula is C36H50O15. The topological polar surface area (TPSA) is 206 Å². The first-order chi connectivity index (χ1) is 24.3. The normalized spacial score (nSPS) is 53.0. The number of esters is 2. The van der Waals surface area contributed by atoms with Crippen molar-refractivity contribution in [1.29, 1.82) is 0 Å². The van der Waals surface area contributed by atoms with Gasteiger partial charge in [-0.1, -0.05) is 38.8 Å². The number of fused-ring (bicyclic) bond motifs is 2. The van der Waals surface area contributed by atoms with Crippen molar-refractivity contribution in [2.75, 3.05) is 27.6 Å². The third-order valence-corrected chi connectivity index (χ3v) is 14.3. The molecule has 0 aromatic rings. The maximum absolute atomic E-state index is 15.1. The highest BCUT2D eigenvalue weighted by Crippen LogP contribution is 2.83. The number of carbonyl (C=O) groups excluding carboxylic acids is 3. The van der Waals surface area contributed by atoms with Gasteiger partial charge in [0, 0.05) is 19.6 Å². The van der Waals surface area contributed by atoms with Gasteiger partial charge in [0.15, 0.2) is 19.2 Å². The lowest BCUT2D eigenvalue weighted by Gasteiger charge is -2.58. The summed E-state index contributed by atoms with van der Waals surface area (Å²) in [7, 11) is 2.78. The molecule has 15 nitrogen and oxygen atoms in total. The summed E-state index contributed by atoms with van der Waals surface area (Å²) in [5.74, 6) is -4.95. The standard InChI is InChI=1S/C36H50O15/c1-15(2)21-8-17-10-33(12-37)20-7-6-16(3)19(20)11-34(17,13-46-30(42)18-9-22(38)25(44-4)24(40)23(18)39)35(21,33)32(43)47-14-48-36-29(41)27-26(45-5)28(50-36)31(49-27)51-36/h8,12,15-20,22-29,31,38-41H,6-7,9-11,13-14H2,1-5H3/t16-,17+,18-,19-,20-,22-,23+,24-,25+,26-,27+,28+,29+,31?,33+,34+,35+,36-/m1/s1. The van der Waals surface area contributed by atoms with Crippen LogP contribution < -0.4 is 0 Å². The van der Waals surface area contributed by atoms with Crippen LogP contribution in [-0.2, 0) is 52.3 Å². The maximum atomic E-state index is 15.1. The van der Waals surface area contributed by atoms with Gasteiger partial charge < -0.3 is 53.6 Å². The Morgan fingerprint density at radius 2 is 1.75 bits per heavy atom. The number of ether oxygens (including phenoxy) is 8. The van der Waals surface area contributed by atoms with Crippen LogP contribution in [0.4, 0.5) is 0 Å². The number of carbonyl (C=O) groups is 3. The molecule has 4 heterocycles. The number of aldehydes is 1. The van der Waals surface area contributed by atoms with Gasteiger partial charge in [-0.2, -0.15) is 0 Å². The number of methoxy groups -OCH3 is 2. The van der Waals surface area contributed by atoms with Crippen molar-refractivity contribution < 1.29 is 72.7 Å². The van der Waals surface area contributed by atoms with E-state index in [0.29, 0.717) is 12.8 Å². The largest absolute Gasteiger partial charge is 0.465 e. The molecular weight excluding hydrogens is 672 g/mol. The Morgan fingerprint density at radius 1 is 1.00 bits per heavy atom. The molecule has 15 heteroatoms. The fourth-order valence-corrected chi connectivity index (χ4v) is 12.2. The van der Waals surface area contributed by atoms with Crippen LogP contribution in [0.15, 0.2) is 11.6 Å². The molecule has 0 aromatic heterocycles. The molecule has 4 saturated carbocycles. The van der Waals surface area contributed by atoms with Crippen molar-refractivity contribution in [2.45, 2.75) is 114 Å². The predicted octanol–water partition coefficient (Wildman–Crippen LogP) is 0.188. The van der Waals surface area contributed by atoms with Crippen LogP contribution in [-0.4, -0.2) is 127 Å². The van der Waals surface area contributed by atoms with E-state index in [1.165, 1.54) is 14.2 Å². The van der Waals surface area contributed by atoms with Gasteiger partial charge in [-0.15, -0.1) is 0 Å². The van der Waals surface area contributed by atoms with Gasteiger partial charge in [0.25, 0.3) is 0 Å². The fraction of sp³-hybridized carbons (Fsp3) is 0.861. The van der Waals surface area contributed by atoms with Crippen molar-refractivity contribution in [2.24, 2.45) is 51.8 Å². The minimum absolute atomic E-state index is 0.0799. The molecule has 18 atom stereocenters. The Morgan fingerprint density at radius 3 is 2.43 bits per heavy atom. The van der Waals surface area contributed by atoms with E-state index in [-0.39, 0.29) is 42.6 Å². The van der Waals surface area contributed by atoms with E-state index in [1.54, 1.807) is 0 Å². The second-order valence-electron chi connectivity index (χ2n) is 16.5. The Kier molecular flexibility index (Phi) is 8.62. The van der Waals surface area contributed by atoms with Crippen LogP contribution in [0.5, 0.6) is 0 Å². The minimum Gasteiger partial charge on any atom is -0.465 e. The molecule has 0 spiro atoms. The van der Waals surface area contributed by atoms with Gasteiger partial charge in [0.05, 0.1) is 30.1 Å². The molecule has 0 amide bonds. The zero-order chi connectivity index (χ0) is 36.4. The summed E-state index contributed by atoms with van der Waals surface area (Å²) in [6.45, 7) is 5.17. The smallest absolute Gasteiger partial charge is 0.320 e. The van der Waals surface area contributed by atoms with E-state index in [2.05, 4.69) is 13.0 Å². The maximum Gasteiger partial charge on any atom is 0.320 e. The average Bonchev–Trinajstić information content (AvgIpc) is 3.84. The Labute approximate surface area is 295 Å². The molecule has 4 saturated heterocycles. The van der Waals surface area contributed by atoms with Crippen LogP contribution in [0.25, 0.3) is 0 Å². The second-order valence-corrected chi connectivity index (χ2v) is 16.5. The summed E-state index contributed by atoms with van der Waals surface area (Å²) in [5.41, 5.74) is -2.99. The van der Waals surface area contributed by atoms with Gasteiger partial charge in [-0.25, -0.2) is 0 Å². The number of hydrogen-bond acceptors (Lipinski definition) is 15. The Balaban J connectivity index is 1.11. The van der Waals surface area contributed by atoms with Crippen molar-refractivity contribution >= 4 is 18.2 Å². The van der Waals surface area contributed by atoms with Gasteiger partial charge >= 0.3 is 17.9 Å². The third-order valence-electron chi connectivity index (χ3n) is 14.3. The van der Waals surface area contributed by atoms with E-state index in [9.17, 15) is 30.0 Å². The zero-order valence-electron chi connectivity index (χ0n) is 29.5. The van der Waals surface area contributed by atoms with Gasteiger partial charge in [0.1, 0.15) is 42.2 Å². The molecule has 51 heavy (non-hydrogen) atoms. The molecule has 0 aromatic carbocycles. The molecule has 8 bridgehead atoms. The van der Waals surface area contributed by atoms with E-state index < -0.39 is 102 Å². The quantitative estimate of drug-likeness (QED) is 0.0972. The summed E-state index contributed by atoms with van der Waals surface area (Å²) in [6, 6.07) is 0. The van der Waals surface area contributed by atoms with Crippen molar-refractivity contribution in [3.05, 3.63) is 11.6 Å². The molecule has 0 radical (unpaired) electrons. The predicted molar refractivity (Wildman–Crippen MR) is 168 cm³/mol. The molecule has 8 fully saturated rings. The lowest BCUT2D eigenvalue weighted by Crippen LogP contribution is -2.64. The Bertz CT molecular complexity index is 1470. The minimum atomic E-state index is -1.94. The van der Waals surface area contributed by atoms with E-state index in [0.717, 1.165) is 24.7 Å². The summed E-state index contributed by atoms with van der Waals surface area (Å²) in [5, 5.41) is 43.1. The van der Waals surface area contributed by atoms with Crippen LogP contribution in [0.3, 0.4) is 0 Å². The first-order valence-corrected chi connectivity index (χ1v) is 18.2. The number of allylic oxidation sites excluding steroid dienone is 1. The van der Waals surface area contributed by atoms with Crippen LogP contribution in [0.1, 0.15) is 52.9 Å². The summed E-state index contributed by atoms with van der Waals surface area (Å²) in [6.07, 6.45) is -4.25. The van der Waals surface area contributed by atoms with E-state index >= 15 is 4.79 Å². The summed E-state index contributed by atoms with van der Waals surface area (Å²) < 4.78 is 46.0. The number of aliphatic hydroxyl groups is 4. The lowest BCUT2D eigenvalue weighted by atomic mass is 9.43. The summed E-state index contributed by atoms with van der Waals surface area (Å²) >= 11 is 0. The van der Waals surface area contributed by atoms with Gasteiger partial charge in [-0.3, -0.25) is 19.1 Å². The monoisotopic (exact) mass is 722 g/mol. The van der Waals surface area contributed by atoms with Gasteiger partial charge in [0.2, 0.25) is 0 Å². The van der Waals surface area contributed by atoms with E-state index in [1.807, 2.05) is 13.8 Å². The van der Waals surface area contributed by atoms with Crippen LogP contribution in [0, 0.1) is 51.8 Å². The molecule has 1 unspecified atom stereocenters. The molecule has 5 aliphatic carbocycles. The second kappa shape index (κ2) is 12.2. The molecule has 284 valence electrons.